The number of phenolic OH excluding ortho intramolecular Hbond substituents is 1. The Hall–Kier alpha value is -1.84. The average molecular weight is 189 g/mol. The van der Waals surface area contributed by atoms with Crippen LogP contribution in [0.3, 0.4) is 0 Å². The number of hydrogen-bond acceptors (Lipinski definition) is 3. The largest absolute Gasteiger partial charge is 0.508 e. The van der Waals surface area contributed by atoms with E-state index in [0.717, 1.165) is 17.9 Å². The lowest BCUT2D eigenvalue weighted by Gasteiger charge is -2.02. The van der Waals surface area contributed by atoms with Gasteiger partial charge in [-0.2, -0.15) is 5.10 Å². The Morgan fingerprint density at radius 2 is 2.00 bits per heavy atom. The highest BCUT2D eigenvalue weighted by Gasteiger charge is 2.04. The smallest absolute Gasteiger partial charge is 0.158 e. The number of aromatic hydroxyl groups is 1. The number of nitrogens with zero attached hydrogens (tertiary/aromatic N) is 3. The zero-order valence-electron chi connectivity index (χ0n) is 7.88. The van der Waals surface area contributed by atoms with Crippen molar-refractivity contribution in [3.63, 3.8) is 0 Å². The third-order valence-corrected chi connectivity index (χ3v) is 2.04. The van der Waals surface area contributed by atoms with Crippen LogP contribution in [0.1, 0.15) is 6.92 Å². The van der Waals surface area contributed by atoms with Crippen molar-refractivity contribution in [1.29, 1.82) is 0 Å². The fourth-order valence-electron chi connectivity index (χ4n) is 1.33. The van der Waals surface area contributed by atoms with E-state index < -0.39 is 0 Å². The fraction of sp³-hybridized carbons (Fsp3) is 0.200. The van der Waals surface area contributed by atoms with E-state index in [1.165, 1.54) is 6.33 Å². The van der Waals surface area contributed by atoms with Gasteiger partial charge in [-0.15, -0.1) is 0 Å². The molecule has 0 spiro atoms. The second-order valence-electron chi connectivity index (χ2n) is 2.95. The molecule has 4 heteroatoms. The van der Waals surface area contributed by atoms with Crippen LogP contribution in [-0.4, -0.2) is 19.9 Å². The third-order valence-electron chi connectivity index (χ3n) is 2.04. The summed E-state index contributed by atoms with van der Waals surface area (Å²) < 4.78 is 1.81. The molecule has 0 fully saturated rings. The summed E-state index contributed by atoms with van der Waals surface area (Å²) in [6, 6.07) is 6.94. The van der Waals surface area contributed by atoms with Gasteiger partial charge in [0.1, 0.15) is 12.1 Å². The highest BCUT2D eigenvalue weighted by atomic mass is 16.3. The van der Waals surface area contributed by atoms with E-state index in [9.17, 15) is 0 Å². The zero-order chi connectivity index (χ0) is 9.97. The highest BCUT2D eigenvalue weighted by molar-refractivity contribution is 5.55. The zero-order valence-corrected chi connectivity index (χ0v) is 7.88. The molecule has 0 aliphatic rings. The van der Waals surface area contributed by atoms with Gasteiger partial charge in [0.25, 0.3) is 0 Å². The van der Waals surface area contributed by atoms with Crippen molar-refractivity contribution in [2.75, 3.05) is 0 Å². The molecular weight excluding hydrogens is 178 g/mol. The molecule has 1 aromatic carbocycles. The number of benzene rings is 1. The quantitative estimate of drug-likeness (QED) is 0.781. The Balaban J connectivity index is 2.44. The summed E-state index contributed by atoms with van der Waals surface area (Å²) in [6.07, 6.45) is 1.53. The van der Waals surface area contributed by atoms with E-state index >= 15 is 0 Å². The molecule has 0 unspecified atom stereocenters. The number of aryl methyl sites for hydroxylation is 1. The van der Waals surface area contributed by atoms with E-state index in [0.29, 0.717) is 0 Å². The summed E-state index contributed by atoms with van der Waals surface area (Å²) in [5.41, 5.74) is 0.960. The molecule has 0 bridgehead atoms. The molecule has 1 aromatic heterocycles. The normalized spacial score (nSPS) is 10.4. The highest BCUT2D eigenvalue weighted by Crippen LogP contribution is 2.19. The first-order valence-electron chi connectivity index (χ1n) is 4.48. The number of phenols is 1. The maximum Gasteiger partial charge on any atom is 0.158 e. The summed E-state index contributed by atoms with van der Waals surface area (Å²) >= 11 is 0. The van der Waals surface area contributed by atoms with Crippen molar-refractivity contribution in [2.45, 2.75) is 13.5 Å². The summed E-state index contributed by atoms with van der Waals surface area (Å²) in [4.78, 5) is 4.16. The van der Waals surface area contributed by atoms with Crippen LogP contribution in [0, 0.1) is 0 Å². The van der Waals surface area contributed by atoms with Gasteiger partial charge < -0.3 is 5.11 Å². The molecule has 2 rings (SSSR count). The van der Waals surface area contributed by atoms with Crippen LogP contribution in [0.2, 0.25) is 0 Å². The second kappa shape index (κ2) is 3.49. The Kier molecular flexibility index (Phi) is 2.18. The van der Waals surface area contributed by atoms with Crippen LogP contribution in [0.4, 0.5) is 0 Å². The predicted octanol–water partition coefficient (Wildman–Crippen LogP) is 1.67. The molecule has 0 aliphatic heterocycles. The SMILES string of the molecule is CCn1ncnc1-c1ccc(O)cc1. The van der Waals surface area contributed by atoms with Crippen molar-refractivity contribution in [2.24, 2.45) is 0 Å². The van der Waals surface area contributed by atoms with Crippen molar-refractivity contribution in [1.82, 2.24) is 14.8 Å². The number of rotatable bonds is 2. The molecule has 0 radical (unpaired) electrons. The summed E-state index contributed by atoms with van der Waals surface area (Å²) in [5, 5.41) is 13.2. The molecule has 0 atom stereocenters. The molecule has 4 nitrogen and oxygen atoms in total. The molecule has 0 saturated heterocycles. The minimum absolute atomic E-state index is 0.260. The van der Waals surface area contributed by atoms with Crippen molar-refractivity contribution in [3.05, 3.63) is 30.6 Å². The first kappa shape index (κ1) is 8.74. The lowest BCUT2D eigenvalue weighted by Crippen LogP contribution is -1.99. The summed E-state index contributed by atoms with van der Waals surface area (Å²) in [7, 11) is 0. The van der Waals surface area contributed by atoms with Gasteiger partial charge in [0, 0.05) is 12.1 Å². The molecular formula is C10H11N3O. The maximum atomic E-state index is 9.14. The van der Waals surface area contributed by atoms with Crippen LogP contribution in [0.15, 0.2) is 30.6 Å². The van der Waals surface area contributed by atoms with Gasteiger partial charge in [-0.25, -0.2) is 9.67 Å². The topological polar surface area (TPSA) is 50.9 Å². The van der Waals surface area contributed by atoms with Gasteiger partial charge in [0.05, 0.1) is 0 Å². The Morgan fingerprint density at radius 3 is 2.64 bits per heavy atom. The van der Waals surface area contributed by atoms with E-state index in [1.807, 2.05) is 23.7 Å². The minimum Gasteiger partial charge on any atom is -0.508 e. The van der Waals surface area contributed by atoms with Gasteiger partial charge in [-0.3, -0.25) is 0 Å². The van der Waals surface area contributed by atoms with Crippen LogP contribution in [0.5, 0.6) is 5.75 Å². The number of hydrogen-bond donors (Lipinski definition) is 1. The first-order valence-corrected chi connectivity index (χ1v) is 4.48. The van der Waals surface area contributed by atoms with Gasteiger partial charge >= 0.3 is 0 Å². The average Bonchev–Trinajstić information content (AvgIpc) is 2.67. The molecule has 0 amide bonds. The standard InChI is InChI=1S/C10H11N3O/c1-2-13-10(11-7-12-13)8-3-5-9(14)6-4-8/h3-7,14H,2H2,1H3. The Bertz CT molecular complexity index is 419. The van der Waals surface area contributed by atoms with Crippen LogP contribution >= 0.6 is 0 Å². The predicted molar refractivity (Wildman–Crippen MR) is 52.8 cm³/mol. The third kappa shape index (κ3) is 1.46. The van der Waals surface area contributed by atoms with E-state index in [1.54, 1.807) is 12.1 Å². The van der Waals surface area contributed by atoms with Crippen molar-refractivity contribution in [3.8, 4) is 17.1 Å². The molecule has 0 saturated carbocycles. The van der Waals surface area contributed by atoms with Crippen LogP contribution in [0.25, 0.3) is 11.4 Å². The van der Waals surface area contributed by atoms with Gasteiger partial charge in [-0.05, 0) is 31.2 Å². The Morgan fingerprint density at radius 1 is 1.29 bits per heavy atom. The molecule has 0 aliphatic carbocycles. The lowest BCUT2D eigenvalue weighted by atomic mass is 10.2. The molecule has 14 heavy (non-hydrogen) atoms. The van der Waals surface area contributed by atoms with E-state index in [-0.39, 0.29) is 5.75 Å². The van der Waals surface area contributed by atoms with Crippen LogP contribution < -0.4 is 0 Å². The lowest BCUT2D eigenvalue weighted by molar-refractivity contribution is 0.475. The monoisotopic (exact) mass is 189 g/mol. The summed E-state index contributed by atoms with van der Waals surface area (Å²) in [5.74, 6) is 1.09. The van der Waals surface area contributed by atoms with E-state index in [2.05, 4.69) is 10.1 Å². The Labute approximate surface area is 81.8 Å². The first-order chi connectivity index (χ1) is 6.81. The fourth-order valence-corrected chi connectivity index (χ4v) is 1.33. The van der Waals surface area contributed by atoms with Gasteiger partial charge in [0.2, 0.25) is 0 Å². The number of aromatic nitrogens is 3. The van der Waals surface area contributed by atoms with Gasteiger partial charge in [-0.1, -0.05) is 0 Å². The molecule has 1 heterocycles. The van der Waals surface area contributed by atoms with E-state index in [4.69, 9.17) is 5.11 Å². The van der Waals surface area contributed by atoms with Gasteiger partial charge in [0.15, 0.2) is 5.82 Å². The molecule has 72 valence electrons. The van der Waals surface area contributed by atoms with Crippen molar-refractivity contribution < 1.29 is 5.11 Å². The van der Waals surface area contributed by atoms with Crippen molar-refractivity contribution >= 4 is 0 Å². The minimum atomic E-state index is 0.260. The summed E-state index contributed by atoms with van der Waals surface area (Å²) in [6.45, 7) is 2.80. The maximum absolute atomic E-state index is 9.14. The second-order valence-corrected chi connectivity index (χ2v) is 2.95. The molecule has 1 N–H and O–H groups in total. The van der Waals surface area contributed by atoms with Crippen LogP contribution in [-0.2, 0) is 6.54 Å². The molecule has 2 aromatic rings.